The average molecular weight is 435 g/mol. The SMILES string of the molecule is O=C(NC(=S)Nc1ccc2nn(-c3ccc(F)cc3)nc2c1)c1ccc2c(c1)OCO2. The highest BCUT2D eigenvalue weighted by Crippen LogP contribution is 2.32. The van der Waals surface area contributed by atoms with Gasteiger partial charge in [-0.2, -0.15) is 4.80 Å². The number of hydrogen-bond donors (Lipinski definition) is 2. The number of hydrogen-bond acceptors (Lipinski definition) is 6. The Balaban J connectivity index is 1.29. The van der Waals surface area contributed by atoms with E-state index in [2.05, 4.69) is 20.8 Å². The van der Waals surface area contributed by atoms with E-state index in [-0.39, 0.29) is 23.6 Å². The second-order valence-electron chi connectivity index (χ2n) is 6.65. The van der Waals surface area contributed by atoms with Crippen molar-refractivity contribution in [3.63, 3.8) is 0 Å². The van der Waals surface area contributed by atoms with E-state index >= 15 is 0 Å². The van der Waals surface area contributed by atoms with Gasteiger partial charge in [-0.3, -0.25) is 10.1 Å². The number of halogens is 1. The molecule has 31 heavy (non-hydrogen) atoms. The summed E-state index contributed by atoms with van der Waals surface area (Å²) in [4.78, 5) is 13.9. The van der Waals surface area contributed by atoms with Gasteiger partial charge in [0.05, 0.1) is 5.69 Å². The number of benzene rings is 3. The van der Waals surface area contributed by atoms with Crippen molar-refractivity contribution < 1.29 is 18.7 Å². The Morgan fingerprint density at radius 2 is 1.74 bits per heavy atom. The summed E-state index contributed by atoms with van der Waals surface area (Å²) in [7, 11) is 0. The van der Waals surface area contributed by atoms with E-state index in [1.807, 2.05) is 0 Å². The van der Waals surface area contributed by atoms with Crippen LogP contribution in [0.15, 0.2) is 60.7 Å². The Labute approximate surface area is 180 Å². The molecule has 0 atom stereocenters. The summed E-state index contributed by atoms with van der Waals surface area (Å²) in [6, 6.07) is 16.1. The summed E-state index contributed by atoms with van der Waals surface area (Å²) in [6.07, 6.45) is 0. The summed E-state index contributed by atoms with van der Waals surface area (Å²) >= 11 is 5.25. The van der Waals surface area contributed by atoms with Gasteiger partial charge >= 0.3 is 0 Å². The lowest BCUT2D eigenvalue weighted by Gasteiger charge is -2.09. The molecule has 0 radical (unpaired) electrons. The summed E-state index contributed by atoms with van der Waals surface area (Å²) in [6.45, 7) is 0.134. The number of ether oxygens (including phenoxy) is 2. The van der Waals surface area contributed by atoms with E-state index in [9.17, 15) is 9.18 Å². The van der Waals surface area contributed by atoms with Crippen LogP contribution in [0.5, 0.6) is 11.5 Å². The van der Waals surface area contributed by atoms with Gasteiger partial charge in [0, 0.05) is 11.3 Å². The third-order valence-corrected chi connectivity index (χ3v) is 4.76. The molecule has 1 aliphatic heterocycles. The summed E-state index contributed by atoms with van der Waals surface area (Å²) in [5, 5.41) is 14.5. The first-order chi connectivity index (χ1) is 15.0. The van der Waals surface area contributed by atoms with Crippen molar-refractivity contribution in [2.75, 3.05) is 12.1 Å². The monoisotopic (exact) mass is 435 g/mol. The topological polar surface area (TPSA) is 90.3 Å². The first-order valence-corrected chi connectivity index (χ1v) is 9.61. The van der Waals surface area contributed by atoms with Crippen molar-refractivity contribution in [3.8, 4) is 17.2 Å². The van der Waals surface area contributed by atoms with E-state index in [0.29, 0.717) is 39.5 Å². The fraction of sp³-hybridized carbons (Fsp3) is 0.0476. The lowest BCUT2D eigenvalue weighted by atomic mass is 10.2. The van der Waals surface area contributed by atoms with E-state index in [4.69, 9.17) is 21.7 Å². The molecule has 1 aromatic heterocycles. The molecule has 0 unspecified atom stereocenters. The first kappa shape index (κ1) is 18.9. The molecule has 0 fully saturated rings. The standard InChI is InChI=1S/C21H14FN5O3S/c22-13-2-5-15(6-3-13)27-25-16-7-4-14(10-17(16)26-27)23-21(31)24-20(28)12-1-8-18-19(9-12)30-11-29-18/h1-10H,11H2,(H2,23,24,28,31). The van der Waals surface area contributed by atoms with Crippen molar-refractivity contribution in [2.45, 2.75) is 0 Å². The van der Waals surface area contributed by atoms with Crippen LogP contribution < -0.4 is 20.1 Å². The minimum Gasteiger partial charge on any atom is -0.454 e. The molecule has 2 heterocycles. The second kappa shape index (κ2) is 7.65. The summed E-state index contributed by atoms with van der Waals surface area (Å²) < 4.78 is 23.7. The third-order valence-electron chi connectivity index (χ3n) is 4.56. The molecule has 0 spiro atoms. The van der Waals surface area contributed by atoms with Gasteiger partial charge < -0.3 is 14.8 Å². The summed E-state index contributed by atoms with van der Waals surface area (Å²) in [5.74, 6) is 0.405. The number of fused-ring (bicyclic) bond motifs is 2. The highest BCUT2D eigenvalue weighted by Gasteiger charge is 2.17. The van der Waals surface area contributed by atoms with E-state index in [1.165, 1.54) is 16.9 Å². The first-order valence-electron chi connectivity index (χ1n) is 9.20. The number of anilines is 1. The van der Waals surface area contributed by atoms with Gasteiger partial charge in [-0.05, 0) is 72.9 Å². The van der Waals surface area contributed by atoms with Gasteiger partial charge in [-0.25, -0.2) is 4.39 Å². The second-order valence-corrected chi connectivity index (χ2v) is 7.05. The average Bonchev–Trinajstić information content (AvgIpc) is 3.40. The lowest BCUT2D eigenvalue weighted by molar-refractivity contribution is 0.0977. The quantitative estimate of drug-likeness (QED) is 0.477. The van der Waals surface area contributed by atoms with Gasteiger partial charge in [-0.15, -0.1) is 10.2 Å². The van der Waals surface area contributed by atoms with Crippen LogP contribution >= 0.6 is 12.2 Å². The predicted octanol–water partition coefficient (Wildman–Crippen LogP) is 3.42. The molecule has 3 aromatic carbocycles. The molecular formula is C21H14FN5O3S. The molecule has 8 nitrogen and oxygen atoms in total. The number of carbonyl (C=O) groups is 1. The number of aromatic nitrogens is 3. The number of nitrogens with zero attached hydrogens (tertiary/aromatic N) is 3. The van der Waals surface area contributed by atoms with Gasteiger partial charge in [0.1, 0.15) is 16.9 Å². The molecule has 4 aromatic rings. The van der Waals surface area contributed by atoms with E-state index < -0.39 is 0 Å². The number of thiocarbonyl (C=S) groups is 1. The minimum atomic E-state index is -0.376. The maximum atomic E-state index is 13.1. The van der Waals surface area contributed by atoms with Crippen molar-refractivity contribution in [1.29, 1.82) is 0 Å². The molecular weight excluding hydrogens is 421 g/mol. The van der Waals surface area contributed by atoms with Crippen LogP contribution in [0.25, 0.3) is 16.7 Å². The zero-order valence-corrected chi connectivity index (χ0v) is 16.6. The molecule has 154 valence electrons. The molecule has 10 heteroatoms. The zero-order valence-electron chi connectivity index (χ0n) is 15.8. The predicted molar refractivity (Wildman–Crippen MR) is 115 cm³/mol. The maximum absolute atomic E-state index is 13.1. The van der Waals surface area contributed by atoms with Crippen LogP contribution in [0.2, 0.25) is 0 Å². The van der Waals surface area contributed by atoms with Crippen molar-refractivity contribution in [3.05, 3.63) is 72.0 Å². The minimum absolute atomic E-state index is 0.132. The molecule has 0 bridgehead atoms. The fourth-order valence-corrected chi connectivity index (χ4v) is 3.27. The van der Waals surface area contributed by atoms with Crippen LogP contribution in [0.4, 0.5) is 10.1 Å². The van der Waals surface area contributed by atoms with Crippen LogP contribution in [0, 0.1) is 5.82 Å². The molecule has 2 N–H and O–H groups in total. The highest BCUT2D eigenvalue weighted by atomic mass is 32.1. The van der Waals surface area contributed by atoms with Gasteiger partial charge in [0.2, 0.25) is 6.79 Å². The number of amides is 1. The smallest absolute Gasteiger partial charge is 0.257 e. The van der Waals surface area contributed by atoms with Crippen molar-refractivity contribution in [1.82, 2.24) is 20.3 Å². The van der Waals surface area contributed by atoms with E-state index in [0.717, 1.165) is 0 Å². The van der Waals surface area contributed by atoms with E-state index in [1.54, 1.807) is 48.5 Å². The Bertz CT molecular complexity index is 1320. The molecule has 0 saturated carbocycles. The number of rotatable bonds is 3. The van der Waals surface area contributed by atoms with Crippen LogP contribution in [0.3, 0.4) is 0 Å². The third kappa shape index (κ3) is 3.88. The highest BCUT2D eigenvalue weighted by molar-refractivity contribution is 7.80. The molecule has 1 amide bonds. The van der Waals surface area contributed by atoms with Crippen LogP contribution in [0.1, 0.15) is 10.4 Å². The van der Waals surface area contributed by atoms with Gasteiger partial charge in [-0.1, -0.05) is 0 Å². The zero-order chi connectivity index (χ0) is 21.4. The normalized spacial score (nSPS) is 12.0. The molecule has 5 rings (SSSR count). The Morgan fingerprint density at radius 3 is 2.58 bits per heavy atom. The number of carbonyl (C=O) groups excluding carboxylic acids is 1. The fourth-order valence-electron chi connectivity index (χ4n) is 3.06. The maximum Gasteiger partial charge on any atom is 0.257 e. The van der Waals surface area contributed by atoms with Crippen molar-refractivity contribution >= 4 is 40.0 Å². The Hall–Kier alpha value is -4.05. The Morgan fingerprint density at radius 1 is 0.968 bits per heavy atom. The van der Waals surface area contributed by atoms with Crippen molar-refractivity contribution in [2.24, 2.45) is 0 Å². The lowest BCUT2D eigenvalue weighted by Crippen LogP contribution is -2.34. The Kier molecular flexibility index (Phi) is 4.68. The molecule has 0 saturated heterocycles. The molecule has 1 aliphatic rings. The largest absolute Gasteiger partial charge is 0.454 e. The molecule has 0 aliphatic carbocycles. The summed E-state index contributed by atoms with van der Waals surface area (Å²) in [5.41, 5.74) is 2.93. The van der Waals surface area contributed by atoms with Crippen LogP contribution in [-0.2, 0) is 0 Å². The van der Waals surface area contributed by atoms with Gasteiger partial charge in [0.15, 0.2) is 16.6 Å². The van der Waals surface area contributed by atoms with Gasteiger partial charge in [0.25, 0.3) is 5.91 Å². The van der Waals surface area contributed by atoms with Crippen LogP contribution in [-0.4, -0.2) is 32.8 Å². The number of nitrogens with one attached hydrogen (secondary N) is 2.